The molecule has 112 valence electrons. The molecule has 1 unspecified atom stereocenters. The predicted octanol–water partition coefficient (Wildman–Crippen LogP) is 1.37. The molecular formula is C13H20FN3O2S. The number of nitrogens with one attached hydrogen (secondary N) is 1. The largest absolute Gasteiger partial charge is 0.320 e. The van der Waals surface area contributed by atoms with Gasteiger partial charge < -0.3 is 5.32 Å². The van der Waals surface area contributed by atoms with Crippen LogP contribution in [0, 0.1) is 5.82 Å². The number of sulfonamides is 1. The van der Waals surface area contributed by atoms with Crippen molar-refractivity contribution < 1.29 is 12.8 Å². The van der Waals surface area contributed by atoms with E-state index in [4.69, 9.17) is 0 Å². The lowest BCUT2D eigenvalue weighted by Gasteiger charge is -2.34. The number of nitrogens with zero attached hydrogens (tertiary/aromatic N) is 2. The van der Waals surface area contributed by atoms with Crippen LogP contribution in [0.2, 0.25) is 0 Å². The van der Waals surface area contributed by atoms with E-state index in [0.717, 1.165) is 44.5 Å². The fourth-order valence-electron chi connectivity index (χ4n) is 2.56. The molecule has 7 heteroatoms. The minimum Gasteiger partial charge on any atom is -0.320 e. The standard InChI is InChI=1S/C13H20FN3O2S/c1-15-6-5-12-4-2-3-7-17(12)20(18,19)13-8-11(14)9-16-10-13/h8-10,12,15H,2-7H2,1H3. The van der Waals surface area contributed by atoms with E-state index in [0.29, 0.717) is 6.54 Å². The van der Waals surface area contributed by atoms with Gasteiger partial charge in [0.2, 0.25) is 10.0 Å². The first-order valence-corrected chi connectivity index (χ1v) is 8.26. The highest BCUT2D eigenvalue weighted by Gasteiger charge is 2.33. The van der Waals surface area contributed by atoms with Gasteiger partial charge in [-0.3, -0.25) is 4.98 Å². The lowest BCUT2D eigenvalue weighted by molar-refractivity contribution is 0.240. The smallest absolute Gasteiger partial charge is 0.244 e. The molecule has 1 saturated heterocycles. The van der Waals surface area contributed by atoms with Crippen molar-refractivity contribution in [2.75, 3.05) is 20.1 Å². The average Bonchev–Trinajstić information content (AvgIpc) is 2.45. The number of hydrogen-bond acceptors (Lipinski definition) is 4. The minimum absolute atomic E-state index is 0.0236. The Kier molecular flexibility index (Phi) is 5.06. The molecule has 1 aromatic heterocycles. The van der Waals surface area contributed by atoms with Gasteiger partial charge in [0.05, 0.1) is 6.20 Å². The lowest BCUT2D eigenvalue weighted by Crippen LogP contribution is -2.44. The molecule has 20 heavy (non-hydrogen) atoms. The summed E-state index contributed by atoms with van der Waals surface area (Å²) in [6.07, 6.45) is 5.71. The maximum Gasteiger partial charge on any atom is 0.244 e. The monoisotopic (exact) mass is 301 g/mol. The highest BCUT2D eigenvalue weighted by atomic mass is 32.2. The summed E-state index contributed by atoms with van der Waals surface area (Å²) >= 11 is 0. The molecular weight excluding hydrogens is 281 g/mol. The molecule has 0 bridgehead atoms. The SMILES string of the molecule is CNCCC1CCCCN1S(=O)(=O)c1cncc(F)c1. The second-order valence-electron chi connectivity index (χ2n) is 5.00. The van der Waals surface area contributed by atoms with Crippen molar-refractivity contribution in [2.24, 2.45) is 0 Å². The van der Waals surface area contributed by atoms with Crippen molar-refractivity contribution in [3.8, 4) is 0 Å². The van der Waals surface area contributed by atoms with Crippen LogP contribution in [0.25, 0.3) is 0 Å². The molecule has 0 aromatic carbocycles. The molecule has 1 aliphatic rings. The zero-order valence-corrected chi connectivity index (χ0v) is 12.4. The van der Waals surface area contributed by atoms with Crippen molar-refractivity contribution in [3.05, 3.63) is 24.3 Å². The van der Waals surface area contributed by atoms with E-state index in [-0.39, 0.29) is 10.9 Å². The molecule has 2 rings (SSSR count). The van der Waals surface area contributed by atoms with Gasteiger partial charge in [-0.05, 0) is 38.9 Å². The van der Waals surface area contributed by atoms with Crippen LogP contribution in [-0.2, 0) is 10.0 Å². The minimum atomic E-state index is -3.66. The predicted molar refractivity (Wildman–Crippen MR) is 74.3 cm³/mol. The van der Waals surface area contributed by atoms with Crippen LogP contribution < -0.4 is 5.32 Å². The summed E-state index contributed by atoms with van der Waals surface area (Å²) in [5.41, 5.74) is 0. The molecule has 1 N–H and O–H groups in total. The summed E-state index contributed by atoms with van der Waals surface area (Å²) < 4.78 is 39.9. The van der Waals surface area contributed by atoms with Gasteiger partial charge in [0.1, 0.15) is 10.7 Å². The first-order valence-electron chi connectivity index (χ1n) is 6.82. The fourth-order valence-corrected chi connectivity index (χ4v) is 4.26. The summed E-state index contributed by atoms with van der Waals surface area (Å²) in [6.45, 7) is 1.26. The maximum absolute atomic E-state index is 13.2. The highest BCUT2D eigenvalue weighted by molar-refractivity contribution is 7.89. The number of pyridine rings is 1. The lowest BCUT2D eigenvalue weighted by atomic mass is 10.0. The third-order valence-electron chi connectivity index (χ3n) is 3.59. The maximum atomic E-state index is 13.2. The first-order chi connectivity index (χ1) is 9.55. The van der Waals surface area contributed by atoms with Crippen molar-refractivity contribution >= 4 is 10.0 Å². The summed E-state index contributed by atoms with van der Waals surface area (Å²) in [5.74, 6) is -0.630. The van der Waals surface area contributed by atoms with Gasteiger partial charge in [0.15, 0.2) is 0 Å². The molecule has 1 fully saturated rings. The number of aromatic nitrogens is 1. The zero-order valence-electron chi connectivity index (χ0n) is 11.5. The van der Waals surface area contributed by atoms with Crippen molar-refractivity contribution in [1.82, 2.24) is 14.6 Å². The van der Waals surface area contributed by atoms with Gasteiger partial charge in [-0.1, -0.05) is 6.42 Å². The van der Waals surface area contributed by atoms with Crippen LogP contribution in [-0.4, -0.2) is 43.9 Å². The molecule has 0 spiro atoms. The molecule has 0 aliphatic carbocycles. The number of piperidine rings is 1. The third-order valence-corrected chi connectivity index (χ3v) is 5.50. The van der Waals surface area contributed by atoms with Crippen LogP contribution in [0.5, 0.6) is 0 Å². The second-order valence-corrected chi connectivity index (χ2v) is 6.89. The molecule has 0 amide bonds. The van der Waals surface area contributed by atoms with E-state index in [9.17, 15) is 12.8 Å². The van der Waals surface area contributed by atoms with E-state index >= 15 is 0 Å². The van der Waals surface area contributed by atoms with Gasteiger partial charge in [0.25, 0.3) is 0 Å². The summed E-state index contributed by atoms with van der Waals surface area (Å²) in [5, 5.41) is 3.04. The zero-order chi connectivity index (χ0) is 14.6. The van der Waals surface area contributed by atoms with Crippen LogP contribution in [0.4, 0.5) is 4.39 Å². The van der Waals surface area contributed by atoms with Crippen molar-refractivity contribution in [1.29, 1.82) is 0 Å². The Hall–Kier alpha value is -1.05. The Bertz CT molecular complexity index is 550. The Morgan fingerprint density at radius 3 is 2.95 bits per heavy atom. The Morgan fingerprint density at radius 2 is 2.25 bits per heavy atom. The topological polar surface area (TPSA) is 62.3 Å². The molecule has 0 saturated carbocycles. The van der Waals surface area contributed by atoms with Crippen LogP contribution in [0.3, 0.4) is 0 Å². The van der Waals surface area contributed by atoms with E-state index in [1.165, 1.54) is 10.5 Å². The van der Waals surface area contributed by atoms with Crippen molar-refractivity contribution in [3.63, 3.8) is 0 Å². The van der Waals surface area contributed by atoms with Gasteiger partial charge in [-0.15, -0.1) is 0 Å². The second kappa shape index (κ2) is 6.60. The molecule has 5 nitrogen and oxygen atoms in total. The van der Waals surface area contributed by atoms with Crippen LogP contribution >= 0.6 is 0 Å². The molecule has 0 radical (unpaired) electrons. The summed E-state index contributed by atoms with van der Waals surface area (Å²) in [4.78, 5) is 3.58. The Labute approximate surface area is 119 Å². The van der Waals surface area contributed by atoms with E-state index in [1.807, 2.05) is 7.05 Å². The summed E-state index contributed by atoms with van der Waals surface area (Å²) in [7, 11) is -1.82. The number of halogens is 1. The fraction of sp³-hybridized carbons (Fsp3) is 0.615. The van der Waals surface area contributed by atoms with Gasteiger partial charge >= 0.3 is 0 Å². The Morgan fingerprint density at radius 1 is 1.45 bits per heavy atom. The number of rotatable bonds is 5. The Balaban J connectivity index is 2.26. The first kappa shape index (κ1) is 15.3. The third kappa shape index (κ3) is 3.34. The quantitative estimate of drug-likeness (QED) is 0.892. The molecule has 1 atom stereocenters. The van der Waals surface area contributed by atoms with E-state index in [2.05, 4.69) is 10.3 Å². The molecule has 1 aromatic rings. The van der Waals surface area contributed by atoms with Gasteiger partial charge in [-0.2, -0.15) is 4.31 Å². The number of hydrogen-bond donors (Lipinski definition) is 1. The average molecular weight is 301 g/mol. The van der Waals surface area contributed by atoms with Crippen molar-refractivity contribution in [2.45, 2.75) is 36.6 Å². The van der Waals surface area contributed by atoms with Gasteiger partial charge in [-0.25, -0.2) is 12.8 Å². The molecule has 1 aliphatic heterocycles. The normalized spacial score (nSPS) is 21.0. The van der Waals surface area contributed by atoms with E-state index in [1.54, 1.807) is 0 Å². The van der Waals surface area contributed by atoms with Crippen LogP contribution in [0.15, 0.2) is 23.4 Å². The molecule has 2 heterocycles. The van der Waals surface area contributed by atoms with E-state index < -0.39 is 15.8 Å². The highest BCUT2D eigenvalue weighted by Crippen LogP contribution is 2.26. The van der Waals surface area contributed by atoms with Crippen LogP contribution in [0.1, 0.15) is 25.7 Å². The van der Waals surface area contributed by atoms with Gasteiger partial charge in [0, 0.05) is 18.8 Å². The summed E-state index contributed by atoms with van der Waals surface area (Å²) in [6, 6.07) is 1.01.